The molecule has 19 heteroatoms. The number of amides is 1. The van der Waals surface area contributed by atoms with Crippen molar-refractivity contribution in [3.05, 3.63) is 24.3 Å². The van der Waals surface area contributed by atoms with Gasteiger partial charge in [0, 0.05) is 6.42 Å². The summed E-state index contributed by atoms with van der Waals surface area (Å²) in [6.07, 6.45) is 41.7. The van der Waals surface area contributed by atoms with Crippen LogP contribution in [0.2, 0.25) is 0 Å². The molecule has 12 N–H and O–H groups in total. The first kappa shape index (κ1) is 87.5. The lowest BCUT2D eigenvalue weighted by Crippen LogP contribution is -2.66. The second-order valence-corrected chi connectivity index (χ2v) is 28.2. The van der Waals surface area contributed by atoms with Gasteiger partial charge in [-0.15, -0.1) is 0 Å². The topological polar surface area (TPSA) is 307 Å². The number of hydrogen-bond acceptors (Lipinski definition) is 18. The highest BCUT2D eigenvalue weighted by Crippen LogP contribution is 2.33. The van der Waals surface area contributed by atoms with Crippen LogP contribution in [0.4, 0.5) is 0 Å². The first-order chi connectivity index (χ1) is 46.3. The molecule has 17 unspecified atom stereocenters. The molecule has 1 amide bonds. The first-order valence-corrected chi connectivity index (χ1v) is 39.1. The minimum atomic E-state index is -1.98. The fourth-order valence-electron chi connectivity index (χ4n) is 13.4. The maximum Gasteiger partial charge on any atom is 0.220 e. The van der Waals surface area contributed by atoms with E-state index in [1.54, 1.807) is 6.08 Å². The highest BCUT2D eigenvalue weighted by molar-refractivity contribution is 5.76. The van der Waals surface area contributed by atoms with Crippen molar-refractivity contribution in [1.29, 1.82) is 0 Å². The minimum absolute atomic E-state index is 0.241. The normalized spacial score (nSPS) is 27.3. The maximum atomic E-state index is 13.5. The Hall–Kier alpha value is -1.73. The number of rotatable bonds is 62. The molecule has 95 heavy (non-hydrogen) atoms. The van der Waals surface area contributed by atoms with Gasteiger partial charge in [0.15, 0.2) is 18.9 Å². The quantitative estimate of drug-likeness (QED) is 0.0199. The van der Waals surface area contributed by atoms with E-state index < -0.39 is 124 Å². The number of carbonyl (C=O) groups is 1. The summed E-state index contributed by atoms with van der Waals surface area (Å²) in [6.45, 7) is 1.77. The Labute approximate surface area is 575 Å². The molecule has 3 fully saturated rings. The third-order valence-corrected chi connectivity index (χ3v) is 19.8. The highest BCUT2D eigenvalue weighted by Gasteiger charge is 2.53. The average molecular weight is 1360 g/mol. The fraction of sp³-hybridized carbons (Fsp3) is 0.934. The maximum absolute atomic E-state index is 13.5. The van der Waals surface area contributed by atoms with E-state index >= 15 is 0 Å². The molecule has 0 saturated carbocycles. The molecule has 0 aromatic heterocycles. The summed E-state index contributed by atoms with van der Waals surface area (Å²) in [6, 6.07) is -0.988. The van der Waals surface area contributed by atoms with Gasteiger partial charge in [-0.25, -0.2) is 0 Å². The second kappa shape index (κ2) is 57.8. The Bertz CT molecular complexity index is 1810. The van der Waals surface area contributed by atoms with Crippen LogP contribution in [0.5, 0.6) is 0 Å². The van der Waals surface area contributed by atoms with E-state index in [9.17, 15) is 61.0 Å². The van der Waals surface area contributed by atoms with Crippen LogP contribution in [0.15, 0.2) is 24.3 Å². The summed E-state index contributed by atoms with van der Waals surface area (Å²) in [4.78, 5) is 13.5. The molecular weight excluding hydrogens is 1210 g/mol. The molecule has 0 aliphatic carbocycles. The molecule has 17 atom stereocenters. The molecule has 3 aliphatic heterocycles. The number of aliphatic hydroxyl groups is 11. The Balaban J connectivity index is 1.39. The van der Waals surface area contributed by atoms with Crippen LogP contribution in [0, 0.1) is 0 Å². The highest BCUT2D eigenvalue weighted by atomic mass is 16.8. The van der Waals surface area contributed by atoms with E-state index in [2.05, 4.69) is 31.3 Å². The lowest BCUT2D eigenvalue weighted by Gasteiger charge is -2.48. The zero-order valence-electron chi connectivity index (χ0n) is 59.7. The van der Waals surface area contributed by atoms with Crippen molar-refractivity contribution in [3.8, 4) is 0 Å². The molecule has 3 aliphatic rings. The number of nitrogens with one attached hydrogen (secondary N) is 1. The van der Waals surface area contributed by atoms with Crippen molar-refractivity contribution in [2.24, 2.45) is 0 Å². The minimum Gasteiger partial charge on any atom is -0.394 e. The molecular formula is C76H143NO18. The summed E-state index contributed by atoms with van der Waals surface area (Å²) in [5.74, 6) is -0.278. The summed E-state index contributed by atoms with van der Waals surface area (Å²) in [7, 11) is 0. The van der Waals surface area contributed by atoms with Crippen molar-refractivity contribution >= 4 is 5.91 Å². The molecule has 3 rings (SSSR count). The van der Waals surface area contributed by atoms with Gasteiger partial charge in [-0.2, -0.15) is 0 Å². The number of carbonyl (C=O) groups excluding carboxylic acids is 1. The SMILES string of the molecule is CCCCCCCCCCCCCCCCCC/C=C/CC/C=C/C(O)C(COC1OC(CO)C(OC2OC(CO)C(OC3OC(CO)C(O)C(O)C3O)C(O)C2O)C(O)C1O)NC(=O)CCCCCCCCCCCCCCCCCCCCCCCCCCCCCC. The van der Waals surface area contributed by atoms with E-state index in [-0.39, 0.29) is 18.9 Å². The molecule has 0 radical (unpaired) electrons. The van der Waals surface area contributed by atoms with Gasteiger partial charge in [-0.05, 0) is 32.1 Å². The molecule has 0 spiro atoms. The van der Waals surface area contributed by atoms with Crippen LogP contribution in [0.3, 0.4) is 0 Å². The van der Waals surface area contributed by atoms with Crippen molar-refractivity contribution in [1.82, 2.24) is 5.32 Å². The monoisotopic (exact) mass is 1360 g/mol. The van der Waals surface area contributed by atoms with E-state index in [0.29, 0.717) is 12.8 Å². The number of hydrogen-bond donors (Lipinski definition) is 12. The fourth-order valence-corrected chi connectivity index (χ4v) is 13.4. The Morgan fingerprint density at radius 3 is 1.05 bits per heavy atom. The van der Waals surface area contributed by atoms with E-state index in [1.807, 2.05) is 6.08 Å². The van der Waals surface area contributed by atoms with Crippen LogP contribution < -0.4 is 5.32 Å². The third-order valence-electron chi connectivity index (χ3n) is 19.8. The molecule has 3 heterocycles. The van der Waals surface area contributed by atoms with Gasteiger partial charge < -0.3 is 89.9 Å². The van der Waals surface area contributed by atoms with E-state index in [4.69, 9.17) is 28.4 Å². The molecule has 19 nitrogen and oxygen atoms in total. The predicted octanol–water partition coefficient (Wildman–Crippen LogP) is 12.2. The van der Waals surface area contributed by atoms with Crippen LogP contribution in [-0.2, 0) is 33.2 Å². The van der Waals surface area contributed by atoms with Crippen molar-refractivity contribution in [2.45, 2.75) is 426 Å². The molecule has 0 bridgehead atoms. The predicted molar refractivity (Wildman–Crippen MR) is 374 cm³/mol. The van der Waals surface area contributed by atoms with Crippen LogP contribution >= 0.6 is 0 Å². The van der Waals surface area contributed by atoms with Gasteiger partial charge in [-0.3, -0.25) is 4.79 Å². The Morgan fingerprint density at radius 2 is 0.674 bits per heavy atom. The summed E-state index contributed by atoms with van der Waals surface area (Å²) < 4.78 is 34.4. The molecule has 560 valence electrons. The largest absolute Gasteiger partial charge is 0.394 e. The molecule has 0 aromatic rings. The summed E-state index contributed by atoms with van der Waals surface area (Å²) in [5, 5.41) is 121. The van der Waals surface area contributed by atoms with Crippen molar-refractivity contribution in [2.75, 3.05) is 26.4 Å². The van der Waals surface area contributed by atoms with Gasteiger partial charge >= 0.3 is 0 Å². The van der Waals surface area contributed by atoms with Crippen LogP contribution in [-0.4, -0.2) is 193 Å². The molecule has 0 aromatic carbocycles. The zero-order valence-corrected chi connectivity index (χ0v) is 59.7. The van der Waals surface area contributed by atoms with E-state index in [0.717, 1.165) is 38.5 Å². The van der Waals surface area contributed by atoms with Crippen molar-refractivity contribution < 1.29 is 89.4 Å². The van der Waals surface area contributed by atoms with E-state index in [1.165, 1.54) is 250 Å². The van der Waals surface area contributed by atoms with Gasteiger partial charge in [0.2, 0.25) is 5.91 Å². The number of aliphatic hydroxyl groups excluding tert-OH is 11. The van der Waals surface area contributed by atoms with Crippen molar-refractivity contribution in [3.63, 3.8) is 0 Å². The Kier molecular flexibility index (Phi) is 53.3. The van der Waals surface area contributed by atoms with Gasteiger partial charge in [0.1, 0.15) is 73.2 Å². The number of allylic oxidation sites excluding steroid dienone is 3. The summed E-state index contributed by atoms with van der Waals surface area (Å²) >= 11 is 0. The lowest BCUT2D eigenvalue weighted by atomic mass is 9.96. The Morgan fingerprint density at radius 1 is 0.368 bits per heavy atom. The van der Waals surface area contributed by atoms with Crippen LogP contribution in [0.1, 0.15) is 322 Å². The van der Waals surface area contributed by atoms with Gasteiger partial charge in [-0.1, -0.05) is 308 Å². The average Bonchev–Trinajstić information content (AvgIpc) is 0.787. The summed E-state index contributed by atoms with van der Waals surface area (Å²) in [5.41, 5.74) is 0. The van der Waals surface area contributed by atoms with Crippen LogP contribution in [0.25, 0.3) is 0 Å². The van der Waals surface area contributed by atoms with Gasteiger partial charge in [0.05, 0.1) is 38.6 Å². The number of ether oxygens (including phenoxy) is 6. The van der Waals surface area contributed by atoms with Gasteiger partial charge in [0.25, 0.3) is 0 Å². The zero-order chi connectivity index (χ0) is 68.9. The molecule has 3 saturated heterocycles. The second-order valence-electron chi connectivity index (χ2n) is 28.2. The lowest BCUT2D eigenvalue weighted by molar-refractivity contribution is -0.379. The third kappa shape index (κ3) is 38.8. The smallest absolute Gasteiger partial charge is 0.220 e. The first-order valence-electron chi connectivity index (χ1n) is 39.1. The standard InChI is InChI=1S/C76H143NO18/c1-3-5-7-9-11-13-15-17-19-21-23-25-27-28-29-30-31-32-34-36-38-40-42-44-46-48-50-52-54-64(82)77-59(60(81)53-51-49-47-45-43-41-39-37-35-33-26-24-22-20-18-16-14-12-10-8-6-4-2)58-90-74-70(88)67(85)72(62(56-79)92-74)95-76-71(89)68(86)73(63(57-80)93-76)94-75-69(87)66(84)65(83)61(55-78)91-75/h43,45,51,53,59-63,65-76,78-81,83-89H,3-42,44,46-50,52,54-58H2,1-2H3,(H,77,82)/b45-43+,53-51+. The number of unbranched alkanes of at least 4 members (excludes halogenated alkanes) is 44.